The van der Waals surface area contributed by atoms with Gasteiger partial charge in [-0.2, -0.15) is 9.97 Å². The summed E-state index contributed by atoms with van der Waals surface area (Å²) in [7, 11) is 0. The molecule has 2 aromatic carbocycles. The minimum Gasteiger partial charge on any atom is -0.361 e. The number of nitrogens with one attached hydrogen (secondary N) is 2. The molecule has 0 unspecified atom stereocenters. The van der Waals surface area contributed by atoms with Gasteiger partial charge in [0.15, 0.2) is 5.11 Å². The second-order valence-corrected chi connectivity index (χ2v) is 11.9. The number of hydrogen-bond acceptors (Lipinski definition) is 5. The van der Waals surface area contributed by atoms with E-state index in [-0.39, 0.29) is 5.41 Å². The first kappa shape index (κ1) is 26.1. The van der Waals surface area contributed by atoms with Crippen molar-refractivity contribution in [2.24, 2.45) is 0 Å². The highest BCUT2D eigenvalue weighted by atomic mass is 32.1. The van der Waals surface area contributed by atoms with Gasteiger partial charge in [0.1, 0.15) is 11.6 Å². The molecule has 0 radical (unpaired) electrons. The highest BCUT2D eigenvalue weighted by Crippen LogP contribution is 2.39. The smallest absolute Gasteiger partial charge is 0.232 e. The molecule has 3 aromatic rings. The van der Waals surface area contributed by atoms with E-state index in [1.165, 1.54) is 74.5 Å². The van der Waals surface area contributed by atoms with Gasteiger partial charge in [-0.25, -0.2) is 0 Å². The monoisotopic (exact) mass is 540 g/mol. The van der Waals surface area contributed by atoms with E-state index in [1.807, 2.05) is 0 Å². The van der Waals surface area contributed by atoms with Crippen LogP contribution in [0.5, 0.6) is 0 Å². The average molecular weight is 541 g/mol. The zero-order valence-electron chi connectivity index (χ0n) is 22.9. The van der Waals surface area contributed by atoms with Crippen LogP contribution in [0.15, 0.2) is 60.7 Å². The molecule has 1 aliphatic carbocycles. The van der Waals surface area contributed by atoms with Gasteiger partial charge in [-0.05, 0) is 54.6 Å². The number of rotatable bonds is 6. The molecule has 204 valence electrons. The van der Waals surface area contributed by atoms with Crippen molar-refractivity contribution < 1.29 is 0 Å². The van der Waals surface area contributed by atoms with Crippen molar-refractivity contribution in [1.82, 2.24) is 15.3 Å². The molecule has 7 heteroatoms. The molecule has 6 rings (SSSR count). The van der Waals surface area contributed by atoms with E-state index in [1.54, 1.807) is 0 Å². The Hall–Kier alpha value is -3.19. The molecule has 2 N–H and O–H groups in total. The minimum absolute atomic E-state index is 0.118. The van der Waals surface area contributed by atoms with E-state index < -0.39 is 0 Å². The Balaban J connectivity index is 1.21. The summed E-state index contributed by atoms with van der Waals surface area (Å²) >= 11 is 5.83. The van der Waals surface area contributed by atoms with E-state index in [4.69, 9.17) is 22.2 Å². The predicted octanol–water partition coefficient (Wildman–Crippen LogP) is 6.57. The lowest BCUT2D eigenvalue weighted by atomic mass is 9.69. The molecule has 6 nitrogen and oxygen atoms in total. The minimum atomic E-state index is 0.118. The Morgan fingerprint density at radius 1 is 0.744 bits per heavy atom. The molecule has 3 heterocycles. The molecule has 1 aromatic heterocycles. The van der Waals surface area contributed by atoms with Crippen LogP contribution >= 0.6 is 12.2 Å². The van der Waals surface area contributed by atoms with Crippen molar-refractivity contribution in [3.05, 3.63) is 77.4 Å². The topological polar surface area (TPSA) is 56.3 Å². The van der Waals surface area contributed by atoms with Crippen molar-refractivity contribution in [2.45, 2.75) is 76.3 Å². The number of nitrogens with zero attached hydrogens (tertiary/aromatic N) is 4. The lowest BCUT2D eigenvalue weighted by molar-refractivity contribution is 0.292. The molecule has 0 spiro atoms. The van der Waals surface area contributed by atoms with Crippen LogP contribution in [0.25, 0.3) is 0 Å². The summed E-state index contributed by atoms with van der Waals surface area (Å²) in [5.74, 6) is 2.53. The maximum absolute atomic E-state index is 5.83. The first-order chi connectivity index (χ1) is 19.2. The summed E-state index contributed by atoms with van der Waals surface area (Å²) in [6, 6.07) is 21.8. The highest BCUT2D eigenvalue weighted by molar-refractivity contribution is 7.80. The van der Waals surface area contributed by atoms with Crippen LogP contribution in [0, 0.1) is 0 Å². The number of hydrogen-bond donors (Lipinski definition) is 2. The van der Waals surface area contributed by atoms with E-state index in [0.717, 1.165) is 44.4 Å². The van der Waals surface area contributed by atoms with E-state index in [9.17, 15) is 0 Å². The normalized spacial score (nSPS) is 18.8. The summed E-state index contributed by atoms with van der Waals surface area (Å²) in [5.41, 5.74) is 4.28. The van der Waals surface area contributed by atoms with Gasteiger partial charge in [-0.15, -0.1) is 0 Å². The zero-order chi connectivity index (χ0) is 26.5. The fourth-order valence-electron chi connectivity index (χ4n) is 6.58. The third-order valence-corrected chi connectivity index (χ3v) is 9.05. The van der Waals surface area contributed by atoms with Crippen molar-refractivity contribution >= 4 is 34.9 Å². The molecule has 2 fully saturated rings. The van der Waals surface area contributed by atoms with Crippen molar-refractivity contribution in [2.75, 3.05) is 34.8 Å². The second-order valence-electron chi connectivity index (χ2n) is 11.4. The third kappa shape index (κ3) is 6.03. The predicted molar refractivity (Wildman–Crippen MR) is 164 cm³/mol. The Kier molecular flexibility index (Phi) is 7.95. The SMILES string of the molecule is S=C(NCC1(c2ccccc2)CCCCC1)Nc1nc(N2CCCCCC2)cc(N2Cc3ccccc3C2)n1. The average Bonchev–Trinajstić information content (AvgIpc) is 3.23. The first-order valence-electron chi connectivity index (χ1n) is 14.7. The fraction of sp³-hybridized carbons (Fsp3) is 0.469. The summed E-state index contributed by atoms with van der Waals surface area (Å²) in [6.07, 6.45) is 11.2. The van der Waals surface area contributed by atoms with Crippen LogP contribution in [0.1, 0.15) is 74.5 Å². The molecule has 0 atom stereocenters. The van der Waals surface area contributed by atoms with Gasteiger partial charge in [0.05, 0.1) is 0 Å². The van der Waals surface area contributed by atoms with Gasteiger partial charge >= 0.3 is 0 Å². The molecule has 1 saturated carbocycles. The zero-order valence-corrected chi connectivity index (χ0v) is 23.7. The van der Waals surface area contributed by atoms with Crippen LogP contribution in [-0.2, 0) is 18.5 Å². The van der Waals surface area contributed by atoms with Gasteiger partial charge in [-0.3, -0.25) is 0 Å². The molecule has 39 heavy (non-hydrogen) atoms. The summed E-state index contributed by atoms with van der Waals surface area (Å²) in [6.45, 7) is 4.64. The van der Waals surface area contributed by atoms with Crippen molar-refractivity contribution in [3.8, 4) is 0 Å². The van der Waals surface area contributed by atoms with E-state index in [2.05, 4.69) is 81.1 Å². The van der Waals surface area contributed by atoms with Crippen LogP contribution in [-0.4, -0.2) is 34.7 Å². The van der Waals surface area contributed by atoms with Gasteiger partial charge in [-0.1, -0.05) is 86.7 Å². The third-order valence-electron chi connectivity index (χ3n) is 8.80. The largest absolute Gasteiger partial charge is 0.361 e. The van der Waals surface area contributed by atoms with Crippen LogP contribution in [0.2, 0.25) is 0 Å². The highest BCUT2D eigenvalue weighted by Gasteiger charge is 2.34. The standard InChI is InChI=1S/C32H40N6S/c39-31(33-24-32(17-9-4-10-18-32)27-15-5-3-6-16-27)36-30-34-28(37-19-11-1-2-12-20-37)21-29(35-30)38-22-25-13-7-8-14-26(25)23-38/h3,5-8,13-16,21H,1-2,4,9-12,17-20,22-24H2,(H2,33,34,35,36,39). The van der Waals surface area contributed by atoms with Crippen LogP contribution in [0.4, 0.5) is 17.6 Å². The quantitative estimate of drug-likeness (QED) is 0.343. The number of aromatic nitrogens is 2. The number of thiocarbonyl (C=S) groups is 1. The Morgan fingerprint density at radius 2 is 1.33 bits per heavy atom. The lowest BCUT2D eigenvalue weighted by Gasteiger charge is -2.38. The Morgan fingerprint density at radius 3 is 2.00 bits per heavy atom. The molecule has 3 aliphatic rings. The summed E-state index contributed by atoms with van der Waals surface area (Å²) in [5, 5.41) is 7.54. The van der Waals surface area contributed by atoms with E-state index in [0.29, 0.717) is 11.1 Å². The van der Waals surface area contributed by atoms with Crippen LogP contribution in [0.3, 0.4) is 0 Å². The molecule has 2 aliphatic heterocycles. The van der Waals surface area contributed by atoms with Gasteiger partial charge < -0.3 is 20.4 Å². The molecule has 0 amide bonds. The second kappa shape index (κ2) is 11.9. The maximum Gasteiger partial charge on any atom is 0.232 e. The first-order valence-corrected chi connectivity index (χ1v) is 15.2. The summed E-state index contributed by atoms with van der Waals surface area (Å²) < 4.78 is 0. The fourth-order valence-corrected chi connectivity index (χ4v) is 6.74. The molecular formula is C32H40N6S. The van der Waals surface area contributed by atoms with Crippen LogP contribution < -0.4 is 20.4 Å². The molecular weight excluding hydrogens is 500 g/mol. The number of anilines is 3. The molecule has 1 saturated heterocycles. The van der Waals surface area contributed by atoms with Gasteiger partial charge in [0.2, 0.25) is 5.95 Å². The summed E-state index contributed by atoms with van der Waals surface area (Å²) in [4.78, 5) is 14.7. The van der Waals surface area contributed by atoms with Crippen molar-refractivity contribution in [3.63, 3.8) is 0 Å². The van der Waals surface area contributed by atoms with Gasteiger partial charge in [0.25, 0.3) is 0 Å². The van der Waals surface area contributed by atoms with Gasteiger partial charge in [0, 0.05) is 44.2 Å². The maximum atomic E-state index is 5.83. The Labute approximate surface area is 238 Å². The molecule has 0 bridgehead atoms. The Bertz CT molecular complexity index is 1240. The van der Waals surface area contributed by atoms with Crippen molar-refractivity contribution in [1.29, 1.82) is 0 Å². The number of fused-ring (bicyclic) bond motifs is 1. The van der Waals surface area contributed by atoms with E-state index >= 15 is 0 Å². The lowest BCUT2D eigenvalue weighted by Crippen LogP contribution is -2.43. The number of benzene rings is 2.